The molecule has 0 bridgehead atoms. The number of carbonyl (C=O) groups is 1. The highest BCUT2D eigenvalue weighted by Gasteiger charge is 2.26. The molecule has 1 amide bonds. The minimum atomic E-state index is -0.357. The summed E-state index contributed by atoms with van der Waals surface area (Å²) in [5, 5.41) is 8.68. The molecule has 0 aromatic carbocycles. The fourth-order valence-electron chi connectivity index (χ4n) is 1.50. The van der Waals surface area contributed by atoms with Crippen LogP contribution in [0.1, 0.15) is 19.8 Å². The number of hydrogen-bond donors (Lipinski definition) is 0. The Morgan fingerprint density at radius 1 is 1.71 bits per heavy atom. The Bertz CT molecular complexity index is 241. The summed E-state index contributed by atoms with van der Waals surface area (Å²) >= 11 is 0. The number of nitriles is 1. The Hall–Kier alpha value is -1.08. The molecule has 14 heavy (non-hydrogen) atoms. The third-order valence-corrected chi connectivity index (χ3v) is 2.62. The van der Waals surface area contributed by atoms with Crippen LogP contribution >= 0.6 is 0 Å². The standard InChI is InChI=1S/C10H16N2O2/c1-8(6-11)12(2)10(13)9-4-3-5-14-7-9/h8-9H,3-5,7H2,1-2H3. The summed E-state index contributed by atoms with van der Waals surface area (Å²) in [6.45, 7) is 2.98. The van der Waals surface area contributed by atoms with E-state index in [4.69, 9.17) is 10.00 Å². The zero-order valence-electron chi connectivity index (χ0n) is 8.69. The predicted octanol–water partition coefficient (Wildman–Crippen LogP) is 0.783. The number of rotatable bonds is 2. The van der Waals surface area contributed by atoms with Gasteiger partial charge in [-0.3, -0.25) is 4.79 Å². The van der Waals surface area contributed by atoms with Gasteiger partial charge in [0.15, 0.2) is 0 Å². The summed E-state index contributed by atoms with van der Waals surface area (Å²) in [7, 11) is 1.67. The maximum absolute atomic E-state index is 11.8. The molecule has 0 aliphatic carbocycles. The number of amides is 1. The van der Waals surface area contributed by atoms with Crippen molar-refractivity contribution in [2.75, 3.05) is 20.3 Å². The molecule has 1 heterocycles. The third-order valence-electron chi connectivity index (χ3n) is 2.62. The monoisotopic (exact) mass is 196 g/mol. The van der Waals surface area contributed by atoms with Crippen LogP contribution in [0.4, 0.5) is 0 Å². The lowest BCUT2D eigenvalue weighted by Gasteiger charge is -2.27. The van der Waals surface area contributed by atoms with Crippen molar-refractivity contribution < 1.29 is 9.53 Å². The van der Waals surface area contributed by atoms with E-state index < -0.39 is 0 Å². The first-order valence-corrected chi connectivity index (χ1v) is 4.91. The van der Waals surface area contributed by atoms with Gasteiger partial charge in [-0.2, -0.15) is 5.26 Å². The van der Waals surface area contributed by atoms with Gasteiger partial charge in [0.25, 0.3) is 0 Å². The molecule has 78 valence electrons. The Balaban J connectivity index is 2.51. The number of ether oxygens (including phenoxy) is 1. The van der Waals surface area contributed by atoms with E-state index in [1.165, 1.54) is 4.90 Å². The van der Waals surface area contributed by atoms with Crippen LogP contribution in [0.5, 0.6) is 0 Å². The van der Waals surface area contributed by atoms with Crippen molar-refractivity contribution in [2.24, 2.45) is 5.92 Å². The molecule has 1 saturated heterocycles. The maximum Gasteiger partial charge on any atom is 0.228 e. The molecule has 2 unspecified atom stereocenters. The van der Waals surface area contributed by atoms with Crippen molar-refractivity contribution in [3.8, 4) is 6.07 Å². The van der Waals surface area contributed by atoms with Gasteiger partial charge in [0.05, 0.1) is 18.6 Å². The minimum Gasteiger partial charge on any atom is -0.381 e. The largest absolute Gasteiger partial charge is 0.381 e. The Kier molecular flexibility index (Phi) is 3.90. The van der Waals surface area contributed by atoms with Crippen molar-refractivity contribution >= 4 is 5.91 Å². The van der Waals surface area contributed by atoms with Gasteiger partial charge < -0.3 is 9.64 Å². The molecule has 0 radical (unpaired) electrons. The molecule has 1 fully saturated rings. The maximum atomic E-state index is 11.8. The Morgan fingerprint density at radius 3 is 2.93 bits per heavy atom. The van der Waals surface area contributed by atoms with Crippen molar-refractivity contribution in [1.29, 1.82) is 5.26 Å². The van der Waals surface area contributed by atoms with Crippen LogP contribution < -0.4 is 0 Å². The second-order valence-corrected chi connectivity index (χ2v) is 3.67. The van der Waals surface area contributed by atoms with Crippen LogP contribution in [-0.2, 0) is 9.53 Å². The molecular weight excluding hydrogens is 180 g/mol. The lowest BCUT2D eigenvalue weighted by atomic mass is 10.0. The highest BCUT2D eigenvalue weighted by molar-refractivity contribution is 5.79. The number of carbonyl (C=O) groups excluding carboxylic acids is 1. The van der Waals surface area contributed by atoms with Gasteiger partial charge in [0.1, 0.15) is 6.04 Å². The van der Waals surface area contributed by atoms with Crippen molar-refractivity contribution in [3.63, 3.8) is 0 Å². The number of hydrogen-bond acceptors (Lipinski definition) is 3. The second-order valence-electron chi connectivity index (χ2n) is 3.67. The average Bonchev–Trinajstić information content (AvgIpc) is 2.27. The molecule has 1 aliphatic heterocycles. The summed E-state index contributed by atoms with van der Waals surface area (Å²) in [5.41, 5.74) is 0. The van der Waals surface area contributed by atoms with Gasteiger partial charge in [-0.25, -0.2) is 0 Å². The zero-order valence-corrected chi connectivity index (χ0v) is 8.69. The van der Waals surface area contributed by atoms with E-state index in [9.17, 15) is 4.79 Å². The van der Waals surface area contributed by atoms with E-state index >= 15 is 0 Å². The van der Waals surface area contributed by atoms with Crippen LogP contribution in [0.3, 0.4) is 0 Å². The molecule has 1 rings (SSSR count). The molecule has 1 aliphatic rings. The van der Waals surface area contributed by atoms with E-state index in [0.29, 0.717) is 6.61 Å². The van der Waals surface area contributed by atoms with Crippen LogP contribution in [0, 0.1) is 17.2 Å². The smallest absolute Gasteiger partial charge is 0.228 e. The summed E-state index contributed by atoms with van der Waals surface area (Å²) < 4.78 is 5.24. The molecule has 4 nitrogen and oxygen atoms in total. The fourth-order valence-corrected chi connectivity index (χ4v) is 1.50. The molecular formula is C10H16N2O2. The van der Waals surface area contributed by atoms with E-state index in [-0.39, 0.29) is 17.9 Å². The summed E-state index contributed by atoms with van der Waals surface area (Å²) in [4.78, 5) is 13.3. The van der Waals surface area contributed by atoms with Crippen LogP contribution in [0.2, 0.25) is 0 Å². The lowest BCUT2D eigenvalue weighted by molar-refractivity contribution is -0.139. The first-order valence-electron chi connectivity index (χ1n) is 4.91. The van der Waals surface area contributed by atoms with E-state index in [2.05, 4.69) is 0 Å². The fraction of sp³-hybridized carbons (Fsp3) is 0.800. The highest BCUT2D eigenvalue weighted by atomic mass is 16.5. The quantitative estimate of drug-likeness (QED) is 0.656. The van der Waals surface area contributed by atoms with E-state index in [1.54, 1.807) is 14.0 Å². The molecule has 2 atom stereocenters. The summed E-state index contributed by atoms with van der Waals surface area (Å²) in [6.07, 6.45) is 1.81. The summed E-state index contributed by atoms with van der Waals surface area (Å²) in [6, 6.07) is 1.69. The van der Waals surface area contributed by atoms with Gasteiger partial charge in [-0.1, -0.05) is 0 Å². The Labute approximate surface area is 84.4 Å². The normalized spacial score (nSPS) is 23.6. The van der Waals surface area contributed by atoms with Crippen LogP contribution in [0.25, 0.3) is 0 Å². The molecule has 0 aromatic rings. The van der Waals surface area contributed by atoms with Crippen molar-refractivity contribution in [3.05, 3.63) is 0 Å². The third kappa shape index (κ3) is 2.46. The molecule has 4 heteroatoms. The highest BCUT2D eigenvalue weighted by Crippen LogP contribution is 2.16. The van der Waals surface area contributed by atoms with Crippen LogP contribution in [0.15, 0.2) is 0 Å². The first kappa shape index (κ1) is 11.0. The zero-order chi connectivity index (χ0) is 10.6. The van der Waals surface area contributed by atoms with E-state index in [1.807, 2.05) is 6.07 Å². The van der Waals surface area contributed by atoms with Gasteiger partial charge in [0, 0.05) is 13.7 Å². The SMILES string of the molecule is CC(C#N)N(C)C(=O)C1CCCOC1. The van der Waals surface area contributed by atoms with Crippen LogP contribution in [-0.4, -0.2) is 37.1 Å². The molecule has 0 saturated carbocycles. The van der Waals surface area contributed by atoms with E-state index in [0.717, 1.165) is 19.4 Å². The van der Waals surface area contributed by atoms with Gasteiger partial charge >= 0.3 is 0 Å². The van der Waals surface area contributed by atoms with Crippen molar-refractivity contribution in [2.45, 2.75) is 25.8 Å². The predicted molar refractivity (Wildman–Crippen MR) is 51.4 cm³/mol. The lowest BCUT2D eigenvalue weighted by Crippen LogP contribution is -2.41. The number of nitrogens with zero attached hydrogens (tertiary/aromatic N) is 2. The van der Waals surface area contributed by atoms with Crippen molar-refractivity contribution in [1.82, 2.24) is 4.90 Å². The molecule has 0 aromatic heterocycles. The van der Waals surface area contributed by atoms with Gasteiger partial charge in [0.2, 0.25) is 5.91 Å². The summed E-state index contributed by atoms with van der Waals surface area (Å²) in [5.74, 6) is -0.0247. The molecule has 0 spiro atoms. The van der Waals surface area contributed by atoms with Gasteiger partial charge in [-0.15, -0.1) is 0 Å². The molecule has 0 N–H and O–H groups in total. The van der Waals surface area contributed by atoms with Gasteiger partial charge in [-0.05, 0) is 19.8 Å². The average molecular weight is 196 g/mol. The minimum absolute atomic E-state index is 0.0266. The second kappa shape index (κ2) is 4.97. The Morgan fingerprint density at radius 2 is 2.43 bits per heavy atom. The topological polar surface area (TPSA) is 53.3 Å². The first-order chi connectivity index (χ1) is 6.66.